The van der Waals surface area contributed by atoms with Crippen LogP contribution in [-0.2, 0) is 9.59 Å². The summed E-state index contributed by atoms with van der Waals surface area (Å²) in [5.74, 6) is -0.145. The number of hydrogen-bond donors (Lipinski definition) is 2. The Hall–Kier alpha value is -4.44. The van der Waals surface area contributed by atoms with Crippen molar-refractivity contribution in [3.05, 3.63) is 84.4 Å². The Bertz CT molecular complexity index is 1280. The first-order valence-corrected chi connectivity index (χ1v) is 11.4. The number of nitrogens with one attached hydrogen (secondary N) is 2. The maximum absolute atomic E-state index is 13.5. The van der Waals surface area contributed by atoms with Crippen LogP contribution in [0.1, 0.15) is 16.8 Å². The molecular formula is C26H24N4O5S. The monoisotopic (exact) mass is 504 g/mol. The number of methoxy groups -OCH3 is 2. The molecule has 0 saturated carbocycles. The van der Waals surface area contributed by atoms with E-state index in [9.17, 15) is 14.4 Å². The molecule has 1 aliphatic rings. The van der Waals surface area contributed by atoms with Gasteiger partial charge in [-0.1, -0.05) is 24.3 Å². The van der Waals surface area contributed by atoms with Crippen molar-refractivity contribution in [2.75, 3.05) is 24.4 Å². The van der Waals surface area contributed by atoms with Crippen LogP contribution in [0.3, 0.4) is 0 Å². The smallest absolute Gasteiger partial charge is 0.269 e. The number of hydrogen-bond acceptors (Lipinski definition) is 6. The van der Waals surface area contributed by atoms with Crippen molar-refractivity contribution < 1.29 is 23.9 Å². The number of benzene rings is 3. The van der Waals surface area contributed by atoms with Crippen molar-refractivity contribution in [1.29, 1.82) is 0 Å². The quantitative estimate of drug-likeness (QED) is 0.454. The van der Waals surface area contributed by atoms with E-state index in [0.29, 0.717) is 28.4 Å². The zero-order valence-electron chi connectivity index (χ0n) is 19.6. The summed E-state index contributed by atoms with van der Waals surface area (Å²) >= 11 is 5.58. The molecular weight excluding hydrogens is 480 g/mol. The number of carbonyl (C=O) groups excluding carboxylic acids is 3. The topological polar surface area (TPSA) is 100 Å². The molecule has 0 bridgehead atoms. The van der Waals surface area contributed by atoms with Crippen LogP contribution in [-0.4, -0.2) is 48.1 Å². The molecule has 3 aromatic carbocycles. The molecule has 1 fully saturated rings. The predicted molar refractivity (Wildman–Crippen MR) is 139 cm³/mol. The normalized spacial score (nSPS) is 15.0. The average molecular weight is 505 g/mol. The van der Waals surface area contributed by atoms with Crippen LogP contribution in [0.25, 0.3) is 0 Å². The fourth-order valence-electron chi connectivity index (χ4n) is 3.72. The minimum atomic E-state index is -1.06. The summed E-state index contributed by atoms with van der Waals surface area (Å²) in [6.45, 7) is 0. The van der Waals surface area contributed by atoms with E-state index in [0.717, 1.165) is 0 Å². The van der Waals surface area contributed by atoms with Crippen molar-refractivity contribution in [3.8, 4) is 11.5 Å². The Morgan fingerprint density at radius 3 is 2.28 bits per heavy atom. The molecule has 4 rings (SSSR count). The van der Waals surface area contributed by atoms with E-state index in [2.05, 4.69) is 10.7 Å². The second kappa shape index (κ2) is 10.9. The molecule has 0 aromatic heterocycles. The van der Waals surface area contributed by atoms with E-state index in [1.54, 1.807) is 86.0 Å². The largest absolute Gasteiger partial charge is 0.497 e. The summed E-state index contributed by atoms with van der Waals surface area (Å²) < 4.78 is 10.4. The molecule has 0 radical (unpaired) electrons. The van der Waals surface area contributed by atoms with Gasteiger partial charge >= 0.3 is 0 Å². The molecule has 2 N–H and O–H groups in total. The van der Waals surface area contributed by atoms with Crippen LogP contribution < -0.4 is 25.1 Å². The number of amides is 3. The summed E-state index contributed by atoms with van der Waals surface area (Å²) in [5.41, 5.74) is 4.09. The predicted octanol–water partition coefficient (Wildman–Crippen LogP) is 3.38. The third-order valence-electron chi connectivity index (χ3n) is 5.54. The minimum absolute atomic E-state index is 0.0497. The first-order chi connectivity index (χ1) is 17.4. The third-order valence-corrected chi connectivity index (χ3v) is 5.91. The van der Waals surface area contributed by atoms with Gasteiger partial charge in [-0.25, -0.2) is 5.01 Å². The van der Waals surface area contributed by atoms with E-state index in [1.807, 2.05) is 0 Å². The van der Waals surface area contributed by atoms with E-state index in [-0.39, 0.29) is 11.5 Å². The number of rotatable bonds is 8. The van der Waals surface area contributed by atoms with Gasteiger partial charge in [0.2, 0.25) is 11.0 Å². The molecule has 10 heteroatoms. The van der Waals surface area contributed by atoms with Crippen LogP contribution in [0, 0.1) is 0 Å². The van der Waals surface area contributed by atoms with Gasteiger partial charge in [-0.15, -0.1) is 0 Å². The van der Waals surface area contributed by atoms with Gasteiger partial charge in [0.1, 0.15) is 17.5 Å². The third kappa shape index (κ3) is 5.28. The van der Waals surface area contributed by atoms with Gasteiger partial charge in [-0.3, -0.25) is 24.7 Å². The van der Waals surface area contributed by atoms with Crippen LogP contribution in [0.5, 0.6) is 11.5 Å². The zero-order valence-corrected chi connectivity index (χ0v) is 20.5. The fraction of sp³-hybridized carbons (Fsp3) is 0.154. The molecule has 0 aliphatic carbocycles. The number of anilines is 2. The van der Waals surface area contributed by atoms with E-state index in [1.165, 1.54) is 17.0 Å². The van der Waals surface area contributed by atoms with Crippen LogP contribution in [0.4, 0.5) is 11.4 Å². The Morgan fingerprint density at radius 1 is 0.917 bits per heavy atom. The van der Waals surface area contributed by atoms with E-state index >= 15 is 0 Å². The summed E-state index contributed by atoms with van der Waals surface area (Å²) in [6.07, 6.45) is -0.252. The highest BCUT2D eigenvalue weighted by molar-refractivity contribution is 7.80. The van der Waals surface area contributed by atoms with E-state index < -0.39 is 23.8 Å². The lowest BCUT2D eigenvalue weighted by molar-refractivity contribution is -0.124. The molecule has 3 aromatic rings. The summed E-state index contributed by atoms with van der Waals surface area (Å²) in [4.78, 5) is 40.6. The SMILES string of the molecule is COc1ccc(N2C(=O)C(CC(=O)Nc3cccc(OC)c3)N(NC(=O)c3ccccc3)C2=S)cc1. The lowest BCUT2D eigenvalue weighted by Gasteiger charge is -2.24. The zero-order chi connectivity index (χ0) is 25.7. The van der Waals surface area contributed by atoms with Gasteiger partial charge in [0.25, 0.3) is 11.8 Å². The van der Waals surface area contributed by atoms with Crippen LogP contribution in [0.2, 0.25) is 0 Å². The standard InChI is InChI=1S/C26H24N4O5S/c1-34-20-13-11-19(12-14-20)29-25(33)22(16-23(31)27-18-9-6-10-21(15-18)35-2)30(26(29)36)28-24(32)17-7-4-3-5-8-17/h3-15,22H,16H2,1-2H3,(H,27,31)(H,28,32). The molecule has 0 spiro atoms. The van der Waals surface area contributed by atoms with Gasteiger partial charge in [0.15, 0.2) is 0 Å². The van der Waals surface area contributed by atoms with Gasteiger partial charge < -0.3 is 14.8 Å². The summed E-state index contributed by atoms with van der Waals surface area (Å²) in [6, 6.07) is 21.1. The minimum Gasteiger partial charge on any atom is -0.497 e. The molecule has 1 saturated heterocycles. The molecule has 9 nitrogen and oxygen atoms in total. The van der Waals surface area contributed by atoms with Gasteiger partial charge in [-0.05, 0) is 60.7 Å². The average Bonchev–Trinajstić information content (AvgIpc) is 3.13. The lowest BCUT2D eigenvalue weighted by Crippen LogP contribution is -2.49. The summed E-state index contributed by atoms with van der Waals surface area (Å²) in [5, 5.41) is 4.08. The number of thiocarbonyl (C=S) groups is 1. The fourth-order valence-corrected chi connectivity index (χ4v) is 4.09. The first-order valence-electron chi connectivity index (χ1n) is 11.0. The van der Waals surface area contributed by atoms with Gasteiger partial charge in [0.05, 0.1) is 26.3 Å². The highest BCUT2D eigenvalue weighted by Crippen LogP contribution is 2.28. The number of hydrazine groups is 1. The van der Waals surface area contributed by atoms with Gasteiger partial charge in [-0.2, -0.15) is 0 Å². The molecule has 1 atom stereocenters. The Kier molecular flexibility index (Phi) is 7.45. The van der Waals surface area contributed by atoms with Crippen molar-refractivity contribution in [3.63, 3.8) is 0 Å². The van der Waals surface area contributed by atoms with Crippen molar-refractivity contribution >= 4 is 46.4 Å². The van der Waals surface area contributed by atoms with Crippen LogP contribution in [0.15, 0.2) is 78.9 Å². The second-order valence-corrected chi connectivity index (χ2v) is 8.20. The first kappa shape index (κ1) is 24.7. The molecule has 1 heterocycles. The van der Waals surface area contributed by atoms with Crippen molar-refractivity contribution in [2.24, 2.45) is 0 Å². The number of nitrogens with zero attached hydrogens (tertiary/aromatic N) is 2. The Labute approximate surface area is 213 Å². The van der Waals surface area contributed by atoms with Crippen LogP contribution >= 0.6 is 12.2 Å². The lowest BCUT2D eigenvalue weighted by atomic mass is 10.1. The van der Waals surface area contributed by atoms with Gasteiger partial charge in [0, 0.05) is 17.3 Å². The molecule has 3 amide bonds. The number of carbonyl (C=O) groups is 3. The maximum atomic E-state index is 13.5. The second-order valence-electron chi connectivity index (χ2n) is 7.83. The highest BCUT2D eigenvalue weighted by atomic mass is 32.1. The highest BCUT2D eigenvalue weighted by Gasteiger charge is 2.45. The van der Waals surface area contributed by atoms with Crippen molar-refractivity contribution in [2.45, 2.75) is 12.5 Å². The molecule has 1 aliphatic heterocycles. The Morgan fingerprint density at radius 2 is 1.61 bits per heavy atom. The van der Waals surface area contributed by atoms with Crippen molar-refractivity contribution in [1.82, 2.24) is 10.4 Å². The Balaban J connectivity index is 1.59. The maximum Gasteiger partial charge on any atom is 0.269 e. The van der Waals surface area contributed by atoms with E-state index in [4.69, 9.17) is 21.7 Å². The molecule has 184 valence electrons. The number of ether oxygens (including phenoxy) is 2. The molecule has 36 heavy (non-hydrogen) atoms. The summed E-state index contributed by atoms with van der Waals surface area (Å²) in [7, 11) is 3.07. The molecule has 1 unspecified atom stereocenters.